The zero-order valence-corrected chi connectivity index (χ0v) is 9.25. The Kier molecular flexibility index (Phi) is 2.24. The molecule has 1 aliphatic rings. The van der Waals surface area contributed by atoms with Crippen LogP contribution in [0.1, 0.15) is 27.7 Å². The third-order valence-corrected chi connectivity index (χ3v) is 3.26. The number of aliphatic hydroxyl groups is 1. The highest BCUT2D eigenvalue weighted by atomic mass is 16.6. The molecule has 0 aliphatic carbocycles. The molecule has 15 heavy (non-hydrogen) atoms. The minimum atomic E-state index is -1.43. The van der Waals surface area contributed by atoms with E-state index in [1.165, 1.54) is 27.7 Å². The number of nitrogens with one attached hydrogen (secondary N) is 1. The van der Waals surface area contributed by atoms with Crippen LogP contribution in [0.15, 0.2) is 0 Å². The number of amides is 2. The predicted octanol–water partition coefficient (Wildman–Crippen LogP) is -0.500. The number of ether oxygens (including phenoxy) is 1. The van der Waals surface area contributed by atoms with Gasteiger partial charge in [0, 0.05) is 0 Å². The second kappa shape index (κ2) is 2.85. The fourth-order valence-corrected chi connectivity index (χ4v) is 1.67. The smallest absolute Gasteiger partial charge is 0.408 e. The maximum atomic E-state index is 11.3. The van der Waals surface area contributed by atoms with Crippen molar-refractivity contribution in [2.45, 2.75) is 44.4 Å². The maximum Gasteiger partial charge on any atom is 0.408 e. The van der Waals surface area contributed by atoms with Gasteiger partial charge in [-0.15, -0.1) is 0 Å². The molecule has 0 aromatic heterocycles. The Bertz CT molecular complexity index is 323. The molecule has 0 radical (unpaired) electrons. The Labute approximate surface area is 87.8 Å². The van der Waals surface area contributed by atoms with Crippen molar-refractivity contribution in [2.75, 3.05) is 0 Å². The lowest BCUT2D eigenvalue weighted by Crippen LogP contribution is -2.69. The Hall–Kier alpha value is -1.30. The first-order valence-electron chi connectivity index (χ1n) is 4.58. The molecule has 86 valence electrons. The van der Waals surface area contributed by atoms with Crippen LogP contribution in [0.4, 0.5) is 4.79 Å². The minimum Gasteiger partial charge on any atom is -0.437 e. The van der Waals surface area contributed by atoms with Gasteiger partial charge in [-0.25, -0.2) is 4.79 Å². The number of cyclic esters (lactones) is 1. The number of primary amides is 1. The van der Waals surface area contributed by atoms with Gasteiger partial charge in [0.1, 0.15) is 5.60 Å². The predicted molar refractivity (Wildman–Crippen MR) is 51.9 cm³/mol. The van der Waals surface area contributed by atoms with Crippen molar-refractivity contribution in [1.82, 2.24) is 5.32 Å². The van der Waals surface area contributed by atoms with Crippen LogP contribution in [0.25, 0.3) is 0 Å². The van der Waals surface area contributed by atoms with Gasteiger partial charge in [0.15, 0.2) is 11.1 Å². The molecular formula is C9H16N2O4. The monoisotopic (exact) mass is 216 g/mol. The lowest BCUT2D eigenvalue weighted by molar-refractivity contribution is -0.153. The van der Waals surface area contributed by atoms with Crippen molar-refractivity contribution >= 4 is 12.0 Å². The van der Waals surface area contributed by atoms with Crippen molar-refractivity contribution in [3.05, 3.63) is 0 Å². The van der Waals surface area contributed by atoms with Crippen LogP contribution >= 0.6 is 0 Å². The van der Waals surface area contributed by atoms with Crippen LogP contribution in [0.5, 0.6) is 0 Å². The van der Waals surface area contributed by atoms with E-state index < -0.39 is 28.7 Å². The topological polar surface area (TPSA) is 102 Å². The zero-order valence-electron chi connectivity index (χ0n) is 9.25. The van der Waals surface area contributed by atoms with Crippen LogP contribution in [-0.4, -0.2) is 33.8 Å². The number of nitrogens with two attached hydrogens (primary N) is 1. The minimum absolute atomic E-state index is 0.752. The summed E-state index contributed by atoms with van der Waals surface area (Å²) in [6.07, 6.45) is -0.763. The average Bonchev–Trinajstić information content (AvgIpc) is 2.23. The molecule has 2 atom stereocenters. The molecule has 1 fully saturated rings. The van der Waals surface area contributed by atoms with E-state index in [1.54, 1.807) is 0 Å². The van der Waals surface area contributed by atoms with E-state index in [2.05, 4.69) is 5.32 Å². The third kappa shape index (κ3) is 1.36. The molecule has 1 heterocycles. The van der Waals surface area contributed by atoms with Crippen LogP contribution in [0.3, 0.4) is 0 Å². The fourth-order valence-electron chi connectivity index (χ4n) is 1.67. The van der Waals surface area contributed by atoms with Gasteiger partial charge in [0.05, 0.1) is 0 Å². The second-order valence-electron chi connectivity index (χ2n) is 4.60. The van der Waals surface area contributed by atoms with Crippen LogP contribution in [0, 0.1) is 0 Å². The average molecular weight is 216 g/mol. The number of alkyl carbamates (subject to hydrolysis) is 1. The van der Waals surface area contributed by atoms with Crippen LogP contribution in [-0.2, 0) is 9.53 Å². The van der Waals surface area contributed by atoms with E-state index in [-0.39, 0.29) is 0 Å². The highest BCUT2D eigenvalue weighted by Crippen LogP contribution is 2.40. The summed E-state index contributed by atoms with van der Waals surface area (Å²) < 4.78 is 4.99. The van der Waals surface area contributed by atoms with E-state index in [4.69, 9.17) is 10.5 Å². The molecule has 4 N–H and O–H groups in total. The first kappa shape index (κ1) is 11.8. The Morgan fingerprint density at radius 2 is 2.00 bits per heavy atom. The standard InChI is InChI=1S/C9H16N2O4/c1-7(2,14)9(4)8(3,5(10)12)11-6(13)15-9/h14H,1-4H3,(H2,10,12)(H,11,13). The van der Waals surface area contributed by atoms with Crippen LogP contribution in [0.2, 0.25) is 0 Å². The van der Waals surface area contributed by atoms with E-state index in [1.807, 2.05) is 0 Å². The van der Waals surface area contributed by atoms with Gasteiger partial charge < -0.3 is 20.9 Å². The van der Waals surface area contributed by atoms with Gasteiger partial charge in [-0.3, -0.25) is 4.79 Å². The normalized spacial score (nSPS) is 35.9. The van der Waals surface area contributed by atoms with Crippen molar-refractivity contribution in [3.63, 3.8) is 0 Å². The second-order valence-corrected chi connectivity index (χ2v) is 4.60. The Balaban J connectivity index is 3.28. The van der Waals surface area contributed by atoms with Crippen LogP contribution < -0.4 is 11.1 Å². The fraction of sp³-hybridized carbons (Fsp3) is 0.778. The molecule has 6 heteroatoms. The van der Waals surface area contributed by atoms with E-state index in [0.717, 1.165) is 0 Å². The summed E-state index contributed by atoms with van der Waals surface area (Å²) >= 11 is 0. The molecule has 0 saturated carbocycles. The van der Waals surface area contributed by atoms with Gasteiger partial charge in [0.2, 0.25) is 5.91 Å². The van der Waals surface area contributed by atoms with Gasteiger partial charge in [-0.05, 0) is 27.7 Å². The lowest BCUT2D eigenvalue weighted by Gasteiger charge is -2.43. The van der Waals surface area contributed by atoms with Crippen molar-refractivity contribution < 1.29 is 19.4 Å². The SMILES string of the molecule is CC(C)(O)C1(C)OC(=O)NC1(C)C(N)=O. The molecule has 2 unspecified atom stereocenters. The van der Waals surface area contributed by atoms with Gasteiger partial charge >= 0.3 is 6.09 Å². The molecule has 6 nitrogen and oxygen atoms in total. The molecule has 1 aliphatic heterocycles. The van der Waals surface area contributed by atoms with E-state index in [0.29, 0.717) is 0 Å². The highest BCUT2D eigenvalue weighted by Gasteiger charge is 2.65. The summed E-state index contributed by atoms with van der Waals surface area (Å²) in [5.41, 5.74) is 1.00. The summed E-state index contributed by atoms with van der Waals surface area (Å²) in [6.45, 7) is 5.80. The molecule has 0 bridgehead atoms. The van der Waals surface area contributed by atoms with Crippen molar-refractivity contribution in [3.8, 4) is 0 Å². The zero-order chi connectivity index (χ0) is 12.1. The first-order chi connectivity index (χ1) is 6.54. The largest absolute Gasteiger partial charge is 0.437 e. The third-order valence-electron chi connectivity index (χ3n) is 3.26. The number of hydrogen-bond acceptors (Lipinski definition) is 4. The quantitative estimate of drug-likeness (QED) is 0.579. The van der Waals surface area contributed by atoms with Crippen molar-refractivity contribution in [1.29, 1.82) is 0 Å². The Morgan fingerprint density at radius 3 is 2.27 bits per heavy atom. The van der Waals surface area contributed by atoms with Crippen molar-refractivity contribution in [2.24, 2.45) is 5.73 Å². The highest BCUT2D eigenvalue weighted by molar-refractivity contribution is 5.92. The molecular weight excluding hydrogens is 200 g/mol. The Morgan fingerprint density at radius 1 is 1.53 bits per heavy atom. The van der Waals surface area contributed by atoms with E-state index >= 15 is 0 Å². The molecule has 0 spiro atoms. The lowest BCUT2D eigenvalue weighted by atomic mass is 9.72. The first-order valence-corrected chi connectivity index (χ1v) is 4.58. The maximum absolute atomic E-state index is 11.3. The molecule has 0 aromatic carbocycles. The molecule has 0 aromatic rings. The summed E-state index contributed by atoms with van der Waals surface area (Å²) in [7, 11) is 0. The summed E-state index contributed by atoms with van der Waals surface area (Å²) in [6, 6.07) is 0. The molecule has 1 saturated heterocycles. The van der Waals surface area contributed by atoms with Gasteiger partial charge in [-0.2, -0.15) is 0 Å². The molecule has 1 rings (SSSR count). The summed E-state index contributed by atoms with van der Waals surface area (Å²) in [4.78, 5) is 22.5. The summed E-state index contributed by atoms with van der Waals surface area (Å²) in [5, 5.41) is 12.3. The number of rotatable bonds is 2. The molecule has 2 amide bonds. The van der Waals surface area contributed by atoms with Gasteiger partial charge in [-0.1, -0.05) is 0 Å². The van der Waals surface area contributed by atoms with E-state index in [9.17, 15) is 14.7 Å². The summed E-state index contributed by atoms with van der Waals surface area (Å²) in [5.74, 6) is -0.752. The van der Waals surface area contributed by atoms with Gasteiger partial charge in [0.25, 0.3) is 0 Å². The number of carbonyl (C=O) groups is 2. The number of carbonyl (C=O) groups excluding carboxylic acids is 2. The number of hydrogen-bond donors (Lipinski definition) is 3.